The van der Waals surface area contributed by atoms with Crippen LogP contribution in [0.2, 0.25) is 0 Å². The van der Waals surface area contributed by atoms with Crippen molar-refractivity contribution >= 4 is 12.0 Å². The maximum atomic E-state index is 11.2. The second kappa shape index (κ2) is 6.23. The Labute approximate surface area is 83.9 Å². The van der Waals surface area contributed by atoms with E-state index in [1.807, 2.05) is 13.8 Å². The molecule has 0 spiro atoms. The average molecular weight is 202 g/mol. The van der Waals surface area contributed by atoms with Crippen molar-refractivity contribution in [3.05, 3.63) is 0 Å². The molecule has 0 saturated carbocycles. The van der Waals surface area contributed by atoms with E-state index >= 15 is 0 Å². The van der Waals surface area contributed by atoms with Crippen LogP contribution in [0.5, 0.6) is 0 Å². The van der Waals surface area contributed by atoms with Crippen molar-refractivity contribution in [1.29, 1.82) is 0 Å². The Balaban J connectivity index is 3.97. The molecule has 0 fully saturated rings. The maximum absolute atomic E-state index is 11.2. The summed E-state index contributed by atoms with van der Waals surface area (Å²) in [5.74, 6) is -1.01. The molecule has 0 aromatic carbocycles. The van der Waals surface area contributed by atoms with E-state index in [1.165, 1.54) is 0 Å². The maximum Gasteiger partial charge on any atom is 0.326 e. The van der Waals surface area contributed by atoms with Crippen LogP contribution in [0.1, 0.15) is 33.6 Å². The van der Waals surface area contributed by atoms with Crippen LogP contribution in [-0.4, -0.2) is 29.2 Å². The number of urea groups is 1. The summed E-state index contributed by atoms with van der Waals surface area (Å²) in [5.41, 5.74) is 0. The zero-order valence-electron chi connectivity index (χ0n) is 8.83. The average Bonchev–Trinajstić information content (AvgIpc) is 2.13. The number of carbonyl (C=O) groups excluding carboxylic acids is 1. The zero-order chi connectivity index (χ0) is 11.1. The Hall–Kier alpha value is -1.26. The van der Waals surface area contributed by atoms with Gasteiger partial charge in [-0.1, -0.05) is 13.8 Å². The fourth-order valence-electron chi connectivity index (χ4n) is 0.864. The number of hydrogen-bond donors (Lipinski definition) is 3. The van der Waals surface area contributed by atoms with Crippen molar-refractivity contribution in [3.8, 4) is 0 Å². The van der Waals surface area contributed by atoms with Gasteiger partial charge < -0.3 is 15.7 Å². The third-order valence-corrected chi connectivity index (χ3v) is 2.00. The lowest BCUT2D eigenvalue weighted by Gasteiger charge is -2.16. The molecule has 5 nitrogen and oxygen atoms in total. The number of aliphatic carboxylic acids is 1. The number of carboxylic acid groups (broad SMARTS) is 1. The van der Waals surface area contributed by atoms with Gasteiger partial charge in [-0.2, -0.15) is 0 Å². The molecule has 0 aliphatic rings. The van der Waals surface area contributed by atoms with Crippen LogP contribution in [0.15, 0.2) is 0 Å². The van der Waals surface area contributed by atoms with Crippen LogP contribution in [0, 0.1) is 0 Å². The zero-order valence-corrected chi connectivity index (χ0v) is 8.83. The molecule has 3 N–H and O–H groups in total. The standard InChI is InChI=1S/C9H18N2O3/c1-4-6(3)10-9(14)11-7(5-2)8(12)13/h6-7H,4-5H2,1-3H3,(H,12,13)(H2,10,11,14). The van der Waals surface area contributed by atoms with E-state index in [0.717, 1.165) is 6.42 Å². The van der Waals surface area contributed by atoms with Gasteiger partial charge in [-0.15, -0.1) is 0 Å². The molecule has 0 aromatic rings. The van der Waals surface area contributed by atoms with Gasteiger partial charge in [-0.25, -0.2) is 9.59 Å². The van der Waals surface area contributed by atoms with Crippen molar-refractivity contribution in [1.82, 2.24) is 10.6 Å². The summed E-state index contributed by atoms with van der Waals surface area (Å²) in [7, 11) is 0. The third kappa shape index (κ3) is 4.69. The lowest BCUT2D eigenvalue weighted by Crippen LogP contribution is -2.48. The summed E-state index contributed by atoms with van der Waals surface area (Å²) in [6.45, 7) is 5.52. The Bertz CT molecular complexity index is 206. The van der Waals surface area contributed by atoms with Gasteiger partial charge in [0.1, 0.15) is 6.04 Å². The molecular formula is C9H18N2O3. The van der Waals surface area contributed by atoms with Gasteiger partial charge in [-0.05, 0) is 19.8 Å². The van der Waals surface area contributed by atoms with Gasteiger partial charge in [0.15, 0.2) is 0 Å². The van der Waals surface area contributed by atoms with Crippen LogP contribution >= 0.6 is 0 Å². The van der Waals surface area contributed by atoms with Crippen molar-refractivity contribution in [2.45, 2.75) is 45.7 Å². The highest BCUT2D eigenvalue weighted by molar-refractivity contribution is 5.82. The van der Waals surface area contributed by atoms with E-state index in [2.05, 4.69) is 10.6 Å². The third-order valence-electron chi connectivity index (χ3n) is 2.00. The lowest BCUT2D eigenvalue weighted by molar-refractivity contribution is -0.139. The van der Waals surface area contributed by atoms with Crippen LogP contribution in [0.4, 0.5) is 4.79 Å². The molecule has 0 saturated heterocycles. The van der Waals surface area contributed by atoms with Crippen LogP contribution in [-0.2, 0) is 4.79 Å². The first-order valence-electron chi connectivity index (χ1n) is 4.81. The van der Waals surface area contributed by atoms with Crippen molar-refractivity contribution < 1.29 is 14.7 Å². The second-order valence-corrected chi connectivity index (χ2v) is 3.23. The number of hydrogen-bond acceptors (Lipinski definition) is 2. The van der Waals surface area contributed by atoms with Gasteiger partial charge in [0.2, 0.25) is 0 Å². The summed E-state index contributed by atoms with van der Waals surface area (Å²) in [6.07, 6.45) is 1.19. The van der Waals surface area contributed by atoms with E-state index in [9.17, 15) is 9.59 Å². The van der Waals surface area contributed by atoms with E-state index in [-0.39, 0.29) is 6.04 Å². The SMILES string of the molecule is CCC(C)NC(=O)NC(CC)C(=O)O. The second-order valence-electron chi connectivity index (χ2n) is 3.23. The molecule has 0 aromatic heterocycles. The van der Waals surface area contributed by atoms with Gasteiger partial charge in [-0.3, -0.25) is 0 Å². The number of carbonyl (C=O) groups is 2. The highest BCUT2D eigenvalue weighted by Crippen LogP contribution is 1.92. The minimum Gasteiger partial charge on any atom is -0.480 e. The summed E-state index contributed by atoms with van der Waals surface area (Å²) in [6, 6.07) is -1.17. The van der Waals surface area contributed by atoms with Crippen LogP contribution < -0.4 is 10.6 Å². The molecule has 0 aliphatic heterocycles. The first kappa shape index (κ1) is 12.7. The predicted octanol–water partition coefficient (Wildman–Crippen LogP) is 0.947. The largest absolute Gasteiger partial charge is 0.480 e. The number of amides is 2. The Morgan fingerprint density at radius 3 is 2.14 bits per heavy atom. The van der Waals surface area contributed by atoms with Crippen molar-refractivity contribution in [2.24, 2.45) is 0 Å². The molecule has 5 heteroatoms. The Morgan fingerprint density at radius 2 is 1.79 bits per heavy atom. The van der Waals surface area contributed by atoms with Crippen molar-refractivity contribution in [3.63, 3.8) is 0 Å². The van der Waals surface area contributed by atoms with Gasteiger partial charge in [0, 0.05) is 6.04 Å². The van der Waals surface area contributed by atoms with E-state index < -0.39 is 18.0 Å². The fourth-order valence-corrected chi connectivity index (χ4v) is 0.864. The van der Waals surface area contributed by atoms with Crippen LogP contribution in [0.3, 0.4) is 0 Å². The number of nitrogens with one attached hydrogen (secondary N) is 2. The smallest absolute Gasteiger partial charge is 0.326 e. The molecule has 82 valence electrons. The molecule has 0 heterocycles. The fraction of sp³-hybridized carbons (Fsp3) is 0.778. The van der Waals surface area contributed by atoms with Gasteiger partial charge in [0.25, 0.3) is 0 Å². The van der Waals surface area contributed by atoms with Crippen molar-refractivity contribution in [2.75, 3.05) is 0 Å². The van der Waals surface area contributed by atoms with Crippen LogP contribution in [0.25, 0.3) is 0 Å². The Kier molecular flexibility index (Phi) is 5.67. The highest BCUT2D eigenvalue weighted by atomic mass is 16.4. The monoisotopic (exact) mass is 202 g/mol. The molecule has 14 heavy (non-hydrogen) atoms. The predicted molar refractivity (Wildman–Crippen MR) is 53.1 cm³/mol. The molecular weight excluding hydrogens is 184 g/mol. The van der Waals surface area contributed by atoms with Gasteiger partial charge >= 0.3 is 12.0 Å². The molecule has 0 bridgehead atoms. The number of rotatable bonds is 5. The first-order chi connectivity index (χ1) is 6.51. The van der Waals surface area contributed by atoms with Gasteiger partial charge in [0.05, 0.1) is 0 Å². The quantitative estimate of drug-likeness (QED) is 0.621. The summed E-state index contributed by atoms with van der Waals surface area (Å²) < 4.78 is 0. The summed E-state index contributed by atoms with van der Waals surface area (Å²) >= 11 is 0. The summed E-state index contributed by atoms with van der Waals surface area (Å²) in [5, 5.41) is 13.7. The number of carboxylic acids is 1. The lowest BCUT2D eigenvalue weighted by atomic mass is 10.2. The minimum absolute atomic E-state index is 0.0568. The normalized spacial score (nSPS) is 14.2. The molecule has 2 amide bonds. The Morgan fingerprint density at radius 1 is 1.21 bits per heavy atom. The highest BCUT2D eigenvalue weighted by Gasteiger charge is 2.17. The van der Waals surface area contributed by atoms with E-state index in [4.69, 9.17) is 5.11 Å². The minimum atomic E-state index is -1.01. The molecule has 0 radical (unpaired) electrons. The van der Waals surface area contributed by atoms with E-state index in [0.29, 0.717) is 6.42 Å². The molecule has 2 atom stereocenters. The molecule has 2 unspecified atom stereocenters. The summed E-state index contributed by atoms with van der Waals surface area (Å²) in [4.78, 5) is 21.8. The molecule has 0 aliphatic carbocycles. The first-order valence-corrected chi connectivity index (χ1v) is 4.81. The topological polar surface area (TPSA) is 78.4 Å². The van der Waals surface area contributed by atoms with E-state index in [1.54, 1.807) is 6.92 Å². The molecule has 0 rings (SSSR count).